The van der Waals surface area contributed by atoms with Gasteiger partial charge in [-0.1, -0.05) is 24.3 Å². The molecule has 1 aliphatic carbocycles. The van der Waals surface area contributed by atoms with Crippen molar-refractivity contribution < 1.29 is 28.3 Å². The average molecular weight is 376 g/mol. The van der Waals surface area contributed by atoms with Crippen molar-refractivity contribution >= 4 is 17.5 Å². The van der Waals surface area contributed by atoms with Crippen molar-refractivity contribution in [3.05, 3.63) is 65.2 Å². The van der Waals surface area contributed by atoms with E-state index in [4.69, 9.17) is 13.9 Å². The van der Waals surface area contributed by atoms with E-state index in [2.05, 4.69) is 0 Å². The zero-order chi connectivity index (χ0) is 19.8. The summed E-state index contributed by atoms with van der Waals surface area (Å²) < 4.78 is 16.3. The van der Waals surface area contributed by atoms with Gasteiger partial charge in [0.15, 0.2) is 0 Å². The van der Waals surface area contributed by atoms with Crippen LogP contribution < -0.4 is 4.74 Å². The summed E-state index contributed by atoms with van der Waals surface area (Å²) in [6, 6.07) is 13.5. The zero-order valence-electron chi connectivity index (χ0n) is 15.3. The van der Waals surface area contributed by atoms with Gasteiger partial charge in [0, 0.05) is 16.7 Å². The average Bonchev–Trinajstić information content (AvgIpc) is 3.13. The summed E-state index contributed by atoms with van der Waals surface area (Å²) in [6.45, 7) is 1.79. The van der Waals surface area contributed by atoms with Crippen molar-refractivity contribution in [2.45, 2.75) is 6.92 Å². The molecule has 0 saturated carbocycles. The molecule has 0 radical (unpaired) electrons. The van der Waals surface area contributed by atoms with E-state index in [-0.39, 0.29) is 34.8 Å². The number of fused-ring (bicyclic) bond motifs is 3. The van der Waals surface area contributed by atoms with E-state index in [1.165, 1.54) is 0 Å². The van der Waals surface area contributed by atoms with Gasteiger partial charge in [0.05, 0.1) is 19.3 Å². The molecule has 6 nitrogen and oxygen atoms in total. The van der Waals surface area contributed by atoms with Gasteiger partial charge < -0.3 is 13.9 Å². The number of ether oxygens (including phenoxy) is 2. The molecule has 0 amide bonds. The van der Waals surface area contributed by atoms with Crippen LogP contribution in [0.25, 0.3) is 22.6 Å². The van der Waals surface area contributed by atoms with Gasteiger partial charge in [-0.3, -0.25) is 9.59 Å². The highest BCUT2D eigenvalue weighted by Gasteiger charge is 2.40. The van der Waals surface area contributed by atoms with Gasteiger partial charge in [-0.05, 0) is 31.2 Å². The van der Waals surface area contributed by atoms with Crippen LogP contribution in [-0.2, 0) is 4.74 Å². The first kappa shape index (κ1) is 17.7. The standard InChI is InChI=1S/C22H16O6/c1-3-27-22(25)17-16-19(24)18(23)14-6-4-5-7-15(14)21(16)28-20(17)12-8-10-13(26-2)11-9-12/h4-11H,3H2,1-2H3. The van der Waals surface area contributed by atoms with Crippen molar-refractivity contribution in [2.24, 2.45) is 0 Å². The molecular weight excluding hydrogens is 360 g/mol. The smallest absolute Gasteiger partial charge is 0.342 e. The number of ketones is 2. The Labute approximate surface area is 160 Å². The second-order valence-corrected chi connectivity index (χ2v) is 6.16. The molecule has 3 aromatic rings. The Hall–Kier alpha value is -3.67. The largest absolute Gasteiger partial charge is 0.497 e. The Morgan fingerprint density at radius 1 is 0.929 bits per heavy atom. The van der Waals surface area contributed by atoms with Crippen LogP contribution in [0.3, 0.4) is 0 Å². The number of hydrogen-bond acceptors (Lipinski definition) is 6. The molecule has 0 N–H and O–H groups in total. The minimum atomic E-state index is -0.778. The summed E-state index contributed by atoms with van der Waals surface area (Å²) >= 11 is 0. The molecule has 140 valence electrons. The second kappa shape index (κ2) is 6.81. The number of furan rings is 1. The predicted octanol–water partition coefficient (Wildman–Crippen LogP) is 4.18. The van der Waals surface area contributed by atoms with Crippen molar-refractivity contribution in [3.63, 3.8) is 0 Å². The Balaban J connectivity index is 2.01. The highest BCUT2D eigenvalue weighted by atomic mass is 16.5. The van der Waals surface area contributed by atoms with Crippen molar-refractivity contribution in [1.29, 1.82) is 0 Å². The van der Waals surface area contributed by atoms with E-state index in [0.717, 1.165) is 0 Å². The molecule has 0 aliphatic heterocycles. The fourth-order valence-corrected chi connectivity index (χ4v) is 3.30. The fraction of sp³-hybridized carbons (Fsp3) is 0.136. The molecule has 0 saturated heterocycles. The van der Waals surface area contributed by atoms with Crippen LogP contribution in [0.15, 0.2) is 52.9 Å². The Morgan fingerprint density at radius 3 is 2.25 bits per heavy atom. The lowest BCUT2D eigenvalue weighted by Crippen LogP contribution is -2.23. The van der Waals surface area contributed by atoms with E-state index in [9.17, 15) is 14.4 Å². The Morgan fingerprint density at radius 2 is 1.61 bits per heavy atom. The molecule has 4 rings (SSSR count). The lowest BCUT2D eigenvalue weighted by atomic mass is 9.86. The summed E-state index contributed by atoms with van der Waals surface area (Å²) in [6.07, 6.45) is 0. The highest BCUT2D eigenvalue weighted by Crippen LogP contribution is 2.42. The van der Waals surface area contributed by atoms with Crippen LogP contribution in [0.5, 0.6) is 5.75 Å². The summed E-state index contributed by atoms with van der Waals surface area (Å²) in [5.74, 6) is -1.14. The molecular formula is C22H16O6. The molecule has 0 atom stereocenters. The number of Topliss-reactive ketones (excluding diaryl/α,β-unsaturated/α-hetero) is 2. The van der Waals surface area contributed by atoms with Crippen molar-refractivity contribution in [2.75, 3.05) is 13.7 Å². The van der Waals surface area contributed by atoms with E-state index >= 15 is 0 Å². The van der Waals surface area contributed by atoms with E-state index in [0.29, 0.717) is 16.9 Å². The number of benzene rings is 2. The van der Waals surface area contributed by atoms with Gasteiger partial charge in [0.2, 0.25) is 11.6 Å². The lowest BCUT2D eigenvalue weighted by molar-refractivity contribution is 0.0524. The zero-order valence-corrected chi connectivity index (χ0v) is 15.3. The van der Waals surface area contributed by atoms with Crippen LogP contribution in [0.4, 0.5) is 0 Å². The molecule has 0 fully saturated rings. The molecule has 2 aromatic carbocycles. The fourth-order valence-electron chi connectivity index (χ4n) is 3.30. The molecule has 28 heavy (non-hydrogen) atoms. The summed E-state index contributed by atoms with van der Waals surface area (Å²) in [4.78, 5) is 38.1. The molecule has 1 aliphatic rings. The minimum absolute atomic E-state index is 0.0325. The van der Waals surface area contributed by atoms with Crippen molar-refractivity contribution in [1.82, 2.24) is 0 Å². The van der Waals surface area contributed by atoms with Crippen LogP contribution in [-0.4, -0.2) is 31.3 Å². The Bertz CT molecular complexity index is 1100. The first-order chi connectivity index (χ1) is 13.6. The van der Waals surface area contributed by atoms with Gasteiger partial charge in [0.1, 0.15) is 22.8 Å². The minimum Gasteiger partial charge on any atom is -0.497 e. The summed E-state index contributed by atoms with van der Waals surface area (Å²) in [5, 5.41) is 0. The highest BCUT2D eigenvalue weighted by molar-refractivity contribution is 6.53. The number of methoxy groups -OCH3 is 1. The Kier molecular flexibility index (Phi) is 4.31. The third-order valence-corrected chi connectivity index (χ3v) is 4.59. The molecule has 0 bridgehead atoms. The van der Waals surface area contributed by atoms with Gasteiger partial charge in [-0.15, -0.1) is 0 Å². The first-order valence-corrected chi connectivity index (χ1v) is 8.73. The SMILES string of the molecule is CCOC(=O)c1c(-c2ccc(OC)cc2)oc2c1C(=O)C(=O)c1ccccc1-2. The number of carbonyl (C=O) groups is 3. The van der Waals surface area contributed by atoms with Crippen LogP contribution in [0, 0.1) is 0 Å². The number of esters is 1. The van der Waals surface area contributed by atoms with Crippen molar-refractivity contribution in [3.8, 4) is 28.4 Å². The second-order valence-electron chi connectivity index (χ2n) is 6.16. The molecule has 1 aromatic heterocycles. The number of rotatable bonds is 4. The maximum absolute atomic E-state index is 12.8. The van der Waals surface area contributed by atoms with E-state index in [1.807, 2.05) is 0 Å². The number of hydrogen-bond donors (Lipinski definition) is 0. The van der Waals surface area contributed by atoms with Gasteiger partial charge in [0.25, 0.3) is 0 Å². The predicted molar refractivity (Wildman–Crippen MR) is 101 cm³/mol. The molecule has 1 heterocycles. The maximum atomic E-state index is 12.8. The van der Waals surface area contributed by atoms with E-state index < -0.39 is 17.5 Å². The number of carbonyl (C=O) groups excluding carboxylic acids is 3. The van der Waals surface area contributed by atoms with Crippen LogP contribution in [0.2, 0.25) is 0 Å². The van der Waals surface area contributed by atoms with Crippen LogP contribution >= 0.6 is 0 Å². The molecule has 6 heteroatoms. The monoisotopic (exact) mass is 376 g/mol. The molecule has 0 spiro atoms. The van der Waals surface area contributed by atoms with E-state index in [1.54, 1.807) is 62.6 Å². The first-order valence-electron chi connectivity index (χ1n) is 8.73. The third kappa shape index (κ3) is 2.62. The summed E-state index contributed by atoms with van der Waals surface area (Å²) in [5.41, 5.74) is 1.22. The molecule has 0 unspecified atom stereocenters. The topological polar surface area (TPSA) is 82.8 Å². The third-order valence-electron chi connectivity index (χ3n) is 4.59. The normalized spacial score (nSPS) is 12.4. The lowest BCUT2D eigenvalue weighted by Gasteiger charge is -2.13. The van der Waals surface area contributed by atoms with Gasteiger partial charge in [-0.25, -0.2) is 4.79 Å². The summed E-state index contributed by atoms with van der Waals surface area (Å²) in [7, 11) is 1.55. The maximum Gasteiger partial charge on any atom is 0.342 e. The van der Waals surface area contributed by atoms with Crippen LogP contribution in [0.1, 0.15) is 38.0 Å². The van der Waals surface area contributed by atoms with Gasteiger partial charge >= 0.3 is 5.97 Å². The quantitative estimate of drug-likeness (QED) is 0.502. The van der Waals surface area contributed by atoms with Gasteiger partial charge in [-0.2, -0.15) is 0 Å².